The summed E-state index contributed by atoms with van der Waals surface area (Å²) in [7, 11) is 0. The van der Waals surface area contributed by atoms with Crippen molar-refractivity contribution in [1.29, 1.82) is 0 Å². The van der Waals surface area contributed by atoms with Crippen molar-refractivity contribution in [2.45, 2.75) is 39.2 Å². The van der Waals surface area contributed by atoms with E-state index in [0.29, 0.717) is 23.3 Å². The van der Waals surface area contributed by atoms with Crippen LogP contribution in [0.15, 0.2) is 57.7 Å². The topological polar surface area (TPSA) is 76.8 Å². The molecule has 1 fully saturated rings. The number of ether oxygens (including phenoxy) is 1. The van der Waals surface area contributed by atoms with Crippen LogP contribution in [0.1, 0.15) is 42.1 Å². The van der Waals surface area contributed by atoms with Crippen LogP contribution in [0.5, 0.6) is 0 Å². The average Bonchev–Trinajstić information content (AvgIpc) is 2.80. The molecule has 0 saturated carbocycles. The predicted octanol–water partition coefficient (Wildman–Crippen LogP) is 4.33. The van der Waals surface area contributed by atoms with Crippen LogP contribution >= 0.6 is 0 Å². The smallest absolute Gasteiger partial charge is 0.342 e. The van der Waals surface area contributed by atoms with Gasteiger partial charge in [0.25, 0.3) is 5.91 Å². The second kappa shape index (κ2) is 8.76. The molecule has 6 heteroatoms. The van der Waals surface area contributed by atoms with Gasteiger partial charge in [-0.3, -0.25) is 9.59 Å². The first-order valence-corrected chi connectivity index (χ1v) is 10.6. The number of fused-ring (bicyclic) bond motifs is 1. The first kappa shape index (κ1) is 20.8. The fourth-order valence-corrected chi connectivity index (χ4v) is 4.09. The summed E-state index contributed by atoms with van der Waals surface area (Å²) in [5.74, 6) is -0.478. The minimum Gasteiger partial charge on any atom is -0.455 e. The summed E-state index contributed by atoms with van der Waals surface area (Å²) in [5.41, 5.74) is 1.31. The third kappa shape index (κ3) is 4.10. The zero-order valence-corrected chi connectivity index (χ0v) is 17.7. The van der Waals surface area contributed by atoms with Gasteiger partial charge in [-0.15, -0.1) is 0 Å². The number of hydrogen-bond donors (Lipinski definition) is 0. The van der Waals surface area contributed by atoms with Gasteiger partial charge in [0.2, 0.25) is 0 Å². The molecule has 0 unspecified atom stereocenters. The third-order valence-corrected chi connectivity index (χ3v) is 5.85. The SMILES string of the molecule is Cc1c(-c2ccccc2)oc2c(C(=O)OCC(=O)N3CCCC[C@H]3C)cccc2c1=O. The van der Waals surface area contributed by atoms with Crippen molar-refractivity contribution in [2.24, 2.45) is 0 Å². The van der Waals surface area contributed by atoms with Crippen LogP contribution in [-0.2, 0) is 9.53 Å². The Morgan fingerprint density at radius 1 is 1.10 bits per heavy atom. The molecule has 1 amide bonds. The van der Waals surface area contributed by atoms with Crippen LogP contribution in [-0.4, -0.2) is 36.0 Å². The Kier molecular flexibility index (Phi) is 5.89. The number of nitrogens with zero attached hydrogens (tertiary/aromatic N) is 1. The molecular formula is C25H25NO5. The maximum Gasteiger partial charge on any atom is 0.342 e. The predicted molar refractivity (Wildman–Crippen MR) is 118 cm³/mol. The molecule has 3 aromatic rings. The van der Waals surface area contributed by atoms with Gasteiger partial charge in [0.05, 0.1) is 5.39 Å². The summed E-state index contributed by atoms with van der Waals surface area (Å²) in [6, 6.07) is 14.2. The quantitative estimate of drug-likeness (QED) is 0.589. The molecule has 1 atom stereocenters. The van der Waals surface area contributed by atoms with Gasteiger partial charge in [-0.1, -0.05) is 36.4 Å². The molecular weight excluding hydrogens is 394 g/mol. The fourth-order valence-electron chi connectivity index (χ4n) is 4.09. The van der Waals surface area contributed by atoms with Crippen molar-refractivity contribution in [3.05, 3.63) is 69.9 Å². The highest BCUT2D eigenvalue weighted by Gasteiger charge is 2.25. The van der Waals surface area contributed by atoms with Crippen molar-refractivity contribution in [3.8, 4) is 11.3 Å². The Balaban J connectivity index is 1.64. The summed E-state index contributed by atoms with van der Waals surface area (Å²) < 4.78 is 11.4. The largest absolute Gasteiger partial charge is 0.455 e. The summed E-state index contributed by atoms with van der Waals surface area (Å²) in [6.45, 7) is 4.06. The van der Waals surface area contributed by atoms with Gasteiger partial charge >= 0.3 is 5.97 Å². The number of para-hydroxylation sites is 1. The molecule has 0 spiro atoms. The normalized spacial score (nSPS) is 16.3. The number of hydrogen-bond acceptors (Lipinski definition) is 5. The average molecular weight is 419 g/mol. The number of carbonyl (C=O) groups is 2. The molecule has 160 valence electrons. The Morgan fingerprint density at radius 3 is 2.61 bits per heavy atom. The molecule has 1 aliphatic heterocycles. The number of rotatable bonds is 4. The number of carbonyl (C=O) groups excluding carboxylic acids is 2. The van der Waals surface area contributed by atoms with E-state index in [1.807, 2.05) is 37.3 Å². The summed E-state index contributed by atoms with van der Waals surface area (Å²) in [4.78, 5) is 40.0. The van der Waals surface area contributed by atoms with E-state index in [4.69, 9.17) is 9.15 Å². The maximum absolute atomic E-state index is 12.9. The van der Waals surface area contributed by atoms with E-state index in [2.05, 4.69) is 0 Å². The van der Waals surface area contributed by atoms with Gasteiger partial charge in [-0.25, -0.2) is 4.79 Å². The van der Waals surface area contributed by atoms with Crippen molar-refractivity contribution in [1.82, 2.24) is 4.90 Å². The maximum atomic E-state index is 12.9. The van der Waals surface area contributed by atoms with Gasteiger partial charge in [0, 0.05) is 23.7 Å². The lowest BCUT2D eigenvalue weighted by Crippen LogP contribution is -2.44. The second-order valence-electron chi connectivity index (χ2n) is 7.94. The van der Waals surface area contributed by atoms with Crippen molar-refractivity contribution < 1.29 is 18.7 Å². The van der Waals surface area contributed by atoms with Gasteiger partial charge < -0.3 is 14.1 Å². The van der Waals surface area contributed by atoms with E-state index in [1.54, 1.807) is 30.0 Å². The number of likely N-dealkylation sites (tertiary alicyclic amines) is 1. The van der Waals surface area contributed by atoms with Crippen LogP contribution in [0.25, 0.3) is 22.3 Å². The lowest BCUT2D eigenvalue weighted by molar-refractivity contribution is -0.137. The molecule has 0 radical (unpaired) electrons. The Hall–Kier alpha value is -3.41. The van der Waals surface area contributed by atoms with Crippen LogP contribution in [0.3, 0.4) is 0 Å². The van der Waals surface area contributed by atoms with E-state index in [-0.39, 0.29) is 35.1 Å². The number of amides is 1. The standard InChI is InChI=1S/C25H25NO5/c1-16-9-6-7-14-26(16)21(27)15-30-25(29)20-13-8-12-19-22(28)17(2)23(31-24(19)20)18-10-4-3-5-11-18/h3-5,8,10-13,16H,6-7,9,14-15H2,1-2H3/t16-/m1/s1. The van der Waals surface area contributed by atoms with Gasteiger partial charge in [-0.2, -0.15) is 0 Å². The summed E-state index contributed by atoms with van der Waals surface area (Å²) >= 11 is 0. The third-order valence-electron chi connectivity index (χ3n) is 5.85. The molecule has 0 bridgehead atoms. The number of esters is 1. The molecule has 31 heavy (non-hydrogen) atoms. The van der Waals surface area contributed by atoms with Gasteiger partial charge in [0.1, 0.15) is 11.3 Å². The molecule has 1 saturated heterocycles. The minimum absolute atomic E-state index is 0.131. The molecule has 2 aromatic carbocycles. The van der Waals surface area contributed by atoms with E-state index in [0.717, 1.165) is 24.8 Å². The molecule has 6 nitrogen and oxygen atoms in total. The Labute approximate surface area is 180 Å². The molecule has 0 N–H and O–H groups in total. The van der Waals surface area contributed by atoms with Crippen molar-refractivity contribution >= 4 is 22.8 Å². The lowest BCUT2D eigenvalue weighted by Gasteiger charge is -2.33. The number of benzene rings is 2. The first-order valence-electron chi connectivity index (χ1n) is 10.6. The minimum atomic E-state index is -0.686. The van der Waals surface area contributed by atoms with Gasteiger partial charge in [-0.05, 0) is 45.2 Å². The highest BCUT2D eigenvalue weighted by molar-refractivity contribution is 6.02. The molecule has 1 aliphatic rings. The summed E-state index contributed by atoms with van der Waals surface area (Å²) in [6.07, 6.45) is 3.01. The first-order chi connectivity index (χ1) is 15.0. The van der Waals surface area contributed by atoms with E-state index < -0.39 is 5.97 Å². The molecule has 0 aliphatic carbocycles. The highest BCUT2D eigenvalue weighted by Crippen LogP contribution is 2.27. The Bertz CT molecular complexity index is 1180. The highest BCUT2D eigenvalue weighted by atomic mass is 16.5. The fraction of sp³-hybridized carbons (Fsp3) is 0.320. The lowest BCUT2D eigenvalue weighted by atomic mass is 10.0. The molecule has 4 rings (SSSR count). The van der Waals surface area contributed by atoms with Crippen LogP contribution in [0.2, 0.25) is 0 Å². The summed E-state index contributed by atoms with van der Waals surface area (Å²) in [5, 5.41) is 0.308. The Morgan fingerprint density at radius 2 is 1.87 bits per heavy atom. The zero-order chi connectivity index (χ0) is 22.0. The van der Waals surface area contributed by atoms with E-state index >= 15 is 0 Å². The van der Waals surface area contributed by atoms with Crippen molar-refractivity contribution in [3.63, 3.8) is 0 Å². The van der Waals surface area contributed by atoms with Crippen LogP contribution in [0, 0.1) is 6.92 Å². The van der Waals surface area contributed by atoms with Gasteiger partial charge in [0.15, 0.2) is 17.6 Å². The zero-order valence-electron chi connectivity index (χ0n) is 17.7. The van der Waals surface area contributed by atoms with E-state index in [1.165, 1.54) is 0 Å². The van der Waals surface area contributed by atoms with Crippen LogP contribution < -0.4 is 5.43 Å². The van der Waals surface area contributed by atoms with Crippen LogP contribution in [0.4, 0.5) is 0 Å². The monoisotopic (exact) mass is 419 g/mol. The molecule has 2 heterocycles. The number of piperidine rings is 1. The second-order valence-corrected chi connectivity index (χ2v) is 7.94. The molecule has 1 aromatic heterocycles. The van der Waals surface area contributed by atoms with E-state index in [9.17, 15) is 14.4 Å². The van der Waals surface area contributed by atoms with Crippen molar-refractivity contribution in [2.75, 3.05) is 13.2 Å².